The highest BCUT2D eigenvalue weighted by Crippen LogP contribution is 2.64. The molecule has 1 aromatic carbocycles. The minimum absolute atomic E-state index is 0.0663. The molecule has 1 rings (SSSR count). The molecule has 0 saturated carbocycles. The highest BCUT2D eigenvalue weighted by atomic mass is 28.4. The molecule has 6 nitrogen and oxygen atoms in total. The van der Waals surface area contributed by atoms with Crippen molar-refractivity contribution >= 4 is 14.3 Å². The first-order chi connectivity index (χ1) is 26.0. The molecule has 0 aliphatic rings. The van der Waals surface area contributed by atoms with Crippen LogP contribution in [0, 0.1) is 0 Å². The normalized spacial score (nSPS) is 15.8. The third-order valence-electron chi connectivity index (χ3n) is 9.19. The summed E-state index contributed by atoms with van der Waals surface area (Å²) in [7, 11) is -2.71. The maximum absolute atomic E-state index is 14.9. The van der Waals surface area contributed by atoms with Crippen molar-refractivity contribution in [2.45, 2.75) is 118 Å². The number of hydrogen-bond donors (Lipinski definition) is 1. The maximum atomic E-state index is 14.9. The fraction of sp³-hybridized carbons (Fsp3) is 0.676. The van der Waals surface area contributed by atoms with E-state index in [1.165, 1.54) is 72.1 Å². The van der Waals surface area contributed by atoms with Crippen LogP contribution in [0.2, 0.25) is 17.1 Å². The molecular weight excluding hydrogens is 855 g/mol. The van der Waals surface area contributed by atoms with Gasteiger partial charge in [-0.2, -0.15) is 74.6 Å². The van der Waals surface area contributed by atoms with E-state index in [4.69, 9.17) is 18.6 Å². The molecule has 2 atom stereocenters. The Hall–Kier alpha value is -3.12. The van der Waals surface area contributed by atoms with Gasteiger partial charge in [0, 0.05) is 19.6 Å². The molecule has 0 spiro atoms. The van der Waals surface area contributed by atoms with Gasteiger partial charge in [0.05, 0.1) is 6.61 Å². The monoisotopic (exact) mass is 896 g/mol. The second-order valence-electron chi connectivity index (χ2n) is 13.6. The Morgan fingerprint density at radius 2 is 1.19 bits per heavy atom. The van der Waals surface area contributed by atoms with Gasteiger partial charge in [0.15, 0.2) is 8.32 Å². The molecular formula is C34H41F17O6Si. The van der Waals surface area contributed by atoms with Crippen LogP contribution in [0.5, 0.6) is 5.75 Å². The topological polar surface area (TPSA) is 74.2 Å². The van der Waals surface area contributed by atoms with E-state index in [0.29, 0.717) is 0 Å². The highest BCUT2D eigenvalue weighted by molar-refractivity contribution is 6.76. The molecule has 0 bridgehead atoms. The van der Waals surface area contributed by atoms with E-state index < -0.39 is 111 Å². The number of carbonyl (C=O) groups excluding carboxylic acids is 1. The lowest BCUT2D eigenvalue weighted by Gasteiger charge is -2.44. The Bertz CT molecular complexity index is 1540. The van der Waals surface area contributed by atoms with Gasteiger partial charge in [-0.25, -0.2) is 4.79 Å². The molecule has 0 aliphatic carbocycles. The quantitative estimate of drug-likeness (QED) is 0.0295. The van der Waals surface area contributed by atoms with Gasteiger partial charge >= 0.3 is 53.6 Å². The van der Waals surface area contributed by atoms with Crippen LogP contribution in [-0.4, -0.2) is 100 Å². The van der Waals surface area contributed by atoms with Gasteiger partial charge in [0.2, 0.25) is 0 Å². The predicted molar refractivity (Wildman–Crippen MR) is 175 cm³/mol. The minimum Gasteiger partial charge on any atom is -0.491 e. The summed E-state index contributed by atoms with van der Waals surface area (Å²) < 4.78 is 256. The summed E-state index contributed by atoms with van der Waals surface area (Å²) in [5, 5.41) is 10.8. The number of rotatable bonds is 23. The average molecular weight is 897 g/mol. The van der Waals surface area contributed by atoms with Gasteiger partial charge in [-0.05, 0) is 47.3 Å². The molecule has 0 saturated heterocycles. The lowest BCUT2D eigenvalue weighted by atomic mass is 9.88. The van der Waals surface area contributed by atoms with Gasteiger partial charge in [-0.3, -0.25) is 0 Å². The van der Waals surface area contributed by atoms with E-state index in [9.17, 15) is 84.5 Å². The van der Waals surface area contributed by atoms with Gasteiger partial charge in [0.25, 0.3) is 0 Å². The molecule has 0 aliphatic heterocycles. The van der Waals surface area contributed by atoms with Crippen LogP contribution >= 0.6 is 0 Å². The van der Waals surface area contributed by atoms with Crippen LogP contribution in [0.25, 0.3) is 0 Å². The summed E-state index contributed by atoms with van der Waals surface area (Å²) in [4.78, 5) is 11.9. The van der Waals surface area contributed by atoms with Crippen LogP contribution in [0.15, 0.2) is 48.6 Å². The third kappa shape index (κ3) is 10.1. The molecule has 0 fully saturated rings. The SMILES string of the molecule is C=CCOC(=O)/C=C(\C)[C@H](OC)[C@@H](O)c1ccc(OCCO[Si](CCC(F)(F)C(F)(F)C(F)(F)C(F)(F)C(F)(F)C(F)(F)C(F)(F)C(F)(F)F)(C(C)C)C(C)C)cc1. The fourth-order valence-corrected chi connectivity index (χ4v) is 10.2. The maximum Gasteiger partial charge on any atom is 0.460 e. The Morgan fingerprint density at radius 3 is 1.60 bits per heavy atom. The first kappa shape index (κ1) is 52.9. The van der Waals surface area contributed by atoms with Crippen molar-refractivity contribution in [3.8, 4) is 5.75 Å². The number of aliphatic hydroxyl groups excluding tert-OH is 1. The molecule has 24 heteroatoms. The van der Waals surface area contributed by atoms with Crippen molar-refractivity contribution in [1.29, 1.82) is 0 Å². The van der Waals surface area contributed by atoms with Crippen LogP contribution in [-0.2, 0) is 18.7 Å². The zero-order valence-electron chi connectivity index (χ0n) is 31.4. The van der Waals surface area contributed by atoms with Crippen molar-refractivity contribution in [2.75, 3.05) is 26.9 Å². The van der Waals surface area contributed by atoms with Gasteiger partial charge in [0.1, 0.15) is 31.2 Å². The number of carbonyl (C=O) groups is 1. The second-order valence-corrected chi connectivity index (χ2v) is 18.6. The van der Waals surface area contributed by atoms with Crippen molar-refractivity contribution in [3.05, 3.63) is 54.1 Å². The van der Waals surface area contributed by atoms with Crippen molar-refractivity contribution < 1.29 is 103 Å². The van der Waals surface area contributed by atoms with Crippen LogP contribution in [0.1, 0.15) is 52.7 Å². The molecule has 0 aromatic heterocycles. The Balaban J connectivity index is 3.24. The largest absolute Gasteiger partial charge is 0.491 e. The van der Waals surface area contributed by atoms with E-state index in [-0.39, 0.29) is 23.5 Å². The third-order valence-corrected chi connectivity index (χ3v) is 14.9. The molecule has 1 N–H and O–H groups in total. The number of alkyl halides is 17. The average Bonchev–Trinajstić information content (AvgIpc) is 3.09. The molecule has 336 valence electrons. The second kappa shape index (κ2) is 18.6. The predicted octanol–water partition coefficient (Wildman–Crippen LogP) is 11.0. The van der Waals surface area contributed by atoms with Gasteiger partial charge in [-0.15, -0.1) is 0 Å². The highest BCUT2D eigenvalue weighted by Gasteiger charge is 2.95. The van der Waals surface area contributed by atoms with Gasteiger partial charge < -0.3 is 23.7 Å². The number of hydrogen-bond acceptors (Lipinski definition) is 6. The van der Waals surface area contributed by atoms with E-state index in [0.717, 1.165) is 6.08 Å². The summed E-state index contributed by atoms with van der Waals surface area (Å²) in [6.07, 6.45) is -10.3. The minimum atomic E-state index is -8.69. The summed E-state index contributed by atoms with van der Waals surface area (Å²) in [5.74, 6) is -57.4. The molecule has 0 unspecified atom stereocenters. The van der Waals surface area contributed by atoms with E-state index >= 15 is 0 Å². The first-order valence-electron chi connectivity index (χ1n) is 16.8. The van der Waals surface area contributed by atoms with Crippen molar-refractivity contribution in [3.63, 3.8) is 0 Å². The van der Waals surface area contributed by atoms with E-state index in [1.807, 2.05) is 0 Å². The summed E-state index contributed by atoms with van der Waals surface area (Å²) in [5.41, 5.74) is -1.19. The molecule has 0 heterocycles. The summed E-state index contributed by atoms with van der Waals surface area (Å²) >= 11 is 0. The van der Waals surface area contributed by atoms with E-state index in [1.54, 1.807) is 0 Å². The Kier molecular flexibility index (Phi) is 17.0. The molecule has 0 amide bonds. The standard InChI is InChI=1S/C34H41F17O6Si/c1-8-14-56-24(52)18-21(6)26(54-7)25(53)22-9-11-23(12-10-22)55-15-16-57-58(19(2)3,20(4)5)17-13-27(35,36)28(37,38)29(39,40)30(41,42)31(43,44)32(45,46)33(47,48)34(49,50)51/h8-12,18-20,25-26,53H,1,13-17H2,2-7H3/b21-18+/t25-,26-/m0/s1. The van der Waals surface area contributed by atoms with Crippen molar-refractivity contribution in [2.24, 2.45) is 0 Å². The number of esters is 1. The zero-order valence-corrected chi connectivity index (χ0v) is 32.4. The summed E-state index contributed by atoms with van der Waals surface area (Å²) in [6, 6.07) is 4.15. The van der Waals surface area contributed by atoms with Crippen molar-refractivity contribution in [1.82, 2.24) is 0 Å². The van der Waals surface area contributed by atoms with Crippen LogP contribution in [0.4, 0.5) is 74.6 Å². The zero-order chi connectivity index (χ0) is 45.7. The molecule has 0 radical (unpaired) electrons. The Labute approximate surface area is 322 Å². The van der Waals surface area contributed by atoms with E-state index in [2.05, 4.69) is 6.58 Å². The summed E-state index contributed by atoms with van der Waals surface area (Å²) in [6.45, 7) is 9.16. The number of halogens is 17. The van der Waals surface area contributed by atoms with Gasteiger partial charge in [-0.1, -0.05) is 52.5 Å². The van der Waals surface area contributed by atoms with Crippen LogP contribution in [0.3, 0.4) is 0 Å². The number of benzene rings is 1. The number of methoxy groups -OCH3 is 1. The Morgan fingerprint density at radius 1 is 0.741 bits per heavy atom. The van der Waals surface area contributed by atoms with Crippen LogP contribution < -0.4 is 4.74 Å². The lowest BCUT2D eigenvalue weighted by molar-refractivity contribution is -0.461. The molecule has 58 heavy (non-hydrogen) atoms. The fourth-order valence-electron chi connectivity index (χ4n) is 5.70. The number of aliphatic hydroxyl groups is 1. The smallest absolute Gasteiger partial charge is 0.460 e. The number of ether oxygens (including phenoxy) is 3. The lowest BCUT2D eigenvalue weighted by Crippen LogP contribution is -2.74. The molecule has 1 aromatic rings. The first-order valence-corrected chi connectivity index (χ1v) is 19.0.